The maximum atomic E-state index is 10.6. The van der Waals surface area contributed by atoms with Crippen molar-refractivity contribution in [3.63, 3.8) is 0 Å². The molecule has 14 aromatic rings. The van der Waals surface area contributed by atoms with E-state index in [1.807, 2.05) is 48.5 Å². The van der Waals surface area contributed by atoms with Crippen molar-refractivity contribution < 1.29 is 4.42 Å². The Morgan fingerprint density at radius 1 is 0.353 bits per heavy atom. The molecule has 0 bridgehead atoms. The van der Waals surface area contributed by atoms with E-state index in [1.54, 1.807) is 0 Å². The van der Waals surface area contributed by atoms with Gasteiger partial charge in [-0.3, -0.25) is 0 Å². The molecule has 6 heteroatoms. The van der Waals surface area contributed by atoms with E-state index in [1.165, 1.54) is 16.2 Å². The molecular weight excluding hydrogens is 831 g/mol. The summed E-state index contributed by atoms with van der Waals surface area (Å²) in [7, 11) is 0. The molecule has 0 fully saturated rings. The Kier molecular flexibility index (Phi) is 8.01. The van der Waals surface area contributed by atoms with Crippen LogP contribution in [-0.2, 0) is 0 Å². The molecule has 0 aliphatic heterocycles. The van der Waals surface area contributed by atoms with Crippen molar-refractivity contribution >= 4 is 87.4 Å². The smallest absolute Gasteiger partial charge is 0.137 e. The second-order valence-corrected chi connectivity index (χ2v) is 17.5. The van der Waals surface area contributed by atoms with Gasteiger partial charge in [-0.15, -0.1) is 0 Å². The average molecular weight is 866 g/mol. The van der Waals surface area contributed by atoms with Gasteiger partial charge in [0.2, 0.25) is 0 Å². The maximum absolute atomic E-state index is 10.6. The van der Waals surface area contributed by atoms with E-state index >= 15 is 0 Å². The Morgan fingerprint density at radius 3 is 1.78 bits per heavy atom. The third-order valence-corrected chi connectivity index (χ3v) is 13.9. The molecule has 68 heavy (non-hydrogen) atoms. The Morgan fingerprint density at radius 2 is 1.00 bits per heavy atom. The van der Waals surface area contributed by atoms with Crippen LogP contribution in [0.5, 0.6) is 0 Å². The van der Waals surface area contributed by atoms with Crippen LogP contribution in [0, 0.1) is 22.7 Å². The van der Waals surface area contributed by atoms with E-state index < -0.39 is 0 Å². The van der Waals surface area contributed by atoms with Gasteiger partial charge in [-0.25, -0.2) is 0 Å². The van der Waals surface area contributed by atoms with Gasteiger partial charge in [0.1, 0.15) is 11.2 Å². The normalized spacial score (nSPS) is 11.8. The van der Waals surface area contributed by atoms with Gasteiger partial charge in [0, 0.05) is 66.1 Å². The van der Waals surface area contributed by atoms with E-state index in [9.17, 15) is 10.5 Å². The molecule has 4 aromatic heterocycles. The Balaban J connectivity index is 1.11. The third-order valence-electron chi connectivity index (χ3n) is 13.9. The Bertz CT molecular complexity index is 4530. The lowest BCUT2D eigenvalue weighted by Gasteiger charge is -2.18. The number of nitrogens with zero attached hydrogens (tertiary/aromatic N) is 5. The zero-order valence-electron chi connectivity index (χ0n) is 36.4. The van der Waals surface area contributed by atoms with Crippen molar-refractivity contribution in [1.29, 1.82) is 10.5 Å². The highest BCUT2D eigenvalue weighted by Gasteiger charge is 2.24. The molecule has 0 atom stereocenters. The van der Waals surface area contributed by atoms with Crippen LogP contribution in [0.4, 0.5) is 0 Å². The average Bonchev–Trinajstić information content (AvgIpc) is 4.14. The lowest BCUT2D eigenvalue weighted by atomic mass is 9.93. The minimum absolute atomic E-state index is 0.506. The number of hydrogen-bond acceptors (Lipinski definition) is 3. The number of hydrogen-bond donors (Lipinski definition) is 0. The van der Waals surface area contributed by atoms with Gasteiger partial charge in [0.15, 0.2) is 0 Å². The zero-order valence-corrected chi connectivity index (χ0v) is 36.4. The topological polar surface area (TPSA) is 75.5 Å². The summed E-state index contributed by atoms with van der Waals surface area (Å²) in [5.74, 6) is 0. The third kappa shape index (κ3) is 5.37. The molecule has 0 saturated carbocycles. The fourth-order valence-corrected chi connectivity index (χ4v) is 11.0. The summed E-state index contributed by atoms with van der Waals surface area (Å²) in [5, 5.41) is 29.9. The maximum Gasteiger partial charge on any atom is 0.137 e. The molecule has 10 aromatic carbocycles. The number of nitriles is 2. The first-order valence-corrected chi connectivity index (χ1v) is 22.7. The molecule has 6 nitrogen and oxygen atoms in total. The van der Waals surface area contributed by atoms with Crippen molar-refractivity contribution in [1.82, 2.24) is 13.7 Å². The van der Waals surface area contributed by atoms with E-state index in [0.717, 1.165) is 111 Å². The predicted molar refractivity (Wildman–Crippen MR) is 277 cm³/mol. The van der Waals surface area contributed by atoms with Gasteiger partial charge in [-0.05, 0) is 102 Å². The van der Waals surface area contributed by atoms with E-state index in [4.69, 9.17) is 4.42 Å². The molecular formula is C62H35N5O. The minimum Gasteiger partial charge on any atom is -0.456 e. The van der Waals surface area contributed by atoms with Crippen molar-refractivity contribution in [2.75, 3.05) is 0 Å². The van der Waals surface area contributed by atoms with Crippen LogP contribution in [-0.4, -0.2) is 13.7 Å². The Labute approximate surface area is 389 Å². The summed E-state index contributed by atoms with van der Waals surface area (Å²) < 4.78 is 13.7. The minimum atomic E-state index is 0.506. The molecule has 0 amide bonds. The molecule has 0 aliphatic carbocycles. The van der Waals surface area contributed by atoms with Crippen LogP contribution in [0.25, 0.3) is 127 Å². The van der Waals surface area contributed by atoms with Crippen LogP contribution >= 0.6 is 0 Å². The van der Waals surface area contributed by atoms with Crippen molar-refractivity contribution in [2.24, 2.45) is 0 Å². The lowest BCUT2D eigenvalue weighted by Crippen LogP contribution is -2.02. The van der Waals surface area contributed by atoms with Gasteiger partial charge >= 0.3 is 0 Å². The first kappa shape index (κ1) is 37.7. The van der Waals surface area contributed by atoms with Crippen LogP contribution in [0.15, 0.2) is 217 Å². The Hall–Kier alpha value is -9.62. The van der Waals surface area contributed by atoms with E-state index in [0.29, 0.717) is 11.1 Å². The van der Waals surface area contributed by atoms with Crippen molar-refractivity contribution in [2.45, 2.75) is 0 Å². The second kappa shape index (κ2) is 14.4. The quantitative estimate of drug-likeness (QED) is 0.173. The fourth-order valence-electron chi connectivity index (χ4n) is 11.0. The molecule has 0 spiro atoms. The monoisotopic (exact) mass is 865 g/mol. The molecule has 0 saturated heterocycles. The first-order valence-electron chi connectivity index (χ1n) is 22.7. The first-order chi connectivity index (χ1) is 33.6. The molecule has 0 aliphatic rings. The summed E-state index contributed by atoms with van der Waals surface area (Å²) >= 11 is 0. The van der Waals surface area contributed by atoms with Gasteiger partial charge in [0.05, 0.1) is 62.1 Å². The SMILES string of the molecule is N#Cc1cc(-c2ccccc2C#N)cc(-c2ccc(-n3c4ccccc4c4c3ccc3c5ccccc5n(-c5ccccc5)c34)cc2-n2c3ccccc3c3cc4c(cc32)oc2ccccc24)c1. The van der Waals surface area contributed by atoms with Crippen LogP contribution in [0.2, 0.25) is 0 Å². The number of aromatic nitrogens is 3. The summed E-state index contributed by atoms with van der Waals surface area (Å²) in [6, 6.07) is 78.9. The fraction of sp³-hybridized carbons (Fsp3) is 0. The van der Waals surface area contributed by atoms with Crippen LogP contribution in [0.3, 0.4) is 0 Å². The molecule has 14 rings (SSSR count). The standard InChI is InChI=1S/C62H35N5O/c63-36-38-30-40(44-17-5-4-14-39(44)37-64)32-41(31-38)45-27-26-43(33-57(45)67-54-23-11-7-19-47(54)51-34-52-48-20-9-13-25-59(48)68-60(52)35-58(51)67)65-55-24-12-8-21-50(55)61-56(65)29-28-49-46-18-6-10-22-53(46)66(62(49)61)42-15-2-1-3-16-42/h1-35H. The number of rotatable bonds is 5. The van der Waals surface area contributed by atoms with Gasteiger partial charge in [-0.1, -0.05) is 121 Å². The largest absolute Gasteiger partial charge is 0.456 e. The van der Waals surface area contributed by atoms with E-state index in [-0.39, 0.29) is 0 Å². The predicted octanol–water partition coefficient (Wildman–Crippen LogP) is 16.0. The van der Waals surface area contributed by atoms with Crippen molar-refractivity contribution in [3.05, 3.63) is 223 Å². The summed E-state index contributed by atoms with van der Waals surface area (Å²) in [5.41, 5.74) is 15.7. The van der Waals surface area contributed by atoms with Gasteiger partial charge in [0.25, 0.3) is 0 Å². The number of para-hydroxylation sites is 5. The molecule has 314 valence electrons. The second-order valence-electron chi connectivity index (χ2n) is 17.5. The van der Waals surface area contributed by atoms with Gasteiger partial charge in [-0.2, -0.15) is 10.5 Å². The highest BCUT2D eigenvalue weighted by Crippen LogP contribution is 2.45. The number of furan rings is 1. The zero-order chi connectivity index (χ0) is 45.0. The highest BCUT2D eigenvalue weighted by atomic mass is 16.3. The number of benzene rings is 10. The van der Waals surface area contributed by atoms with Crippen LogP contribution in [0.1, 0.15) is 11.1 Å². The van der Waals surface area contributed by atoms with Crippen LogP contribution < -0.4 is 0 Å². The number of fused-ring (bicyclic) bond motifs is 13. The highest BCUT2D eigenvalue weighted by molar-refractivity contribution is 6.26. The molecule has 0 N–H and O–H groups in total. The summed E-state index contributed by atoms with van der Waals surface area (Å²) in [6.45, 7) is 0. The lowest BCUT2D eigenvalue weighted by molar-refractivity contribution is 0.669. The summed E-state index contributed by atoms with van der Waals surface area (Å²) in [4.78, 5) is 0. The molecule has 0 radical (unpaired) electrons. The van der Waals surface area contributed by atoms with Gasteiger partial charge < -0.3 is 18.1 Å². The molecule has 4 heterocycles. The van der Waals surface area contributed by atoms with E-state index in [2.05, 4.69) is 190 Å². The summed E-state index contributed by atoms with van der Waals surface area (Å²) in [6.07, 6.45) is 0. The van der Waals surface area contributed by atoms with Crippen molar-refractivity contribution in [3.8, 4) is 51.5 Å². The molecule has 0 unspecified atom stereocenters.